The van der Waals surface area contributed by atoms with Crippen molar-refractivity contribution >= 4 is 24.8 Å². The van der Waals surface area contributed by atoms with Crippen LogP contribution in [0.3, 0.4) is 0 Å². The van der Waals surface area contributed by atoms with Crippen LogP contribution in [0.4, 0.5) is 0 Å². The second kappa shape index (κ2) is 4.64. The zero-order valence-corrected chi connectivity index (χ0v) is 8.36. The third-order valence-corrected chi connectivity index (χ3v) is 1.84. The van der Waals surface area contributed by atoms with E-state index in [4.69, 9.17) is 0 Å². The number of fused-ring (bicyclic) bond motifs is 1. The van der Waals surface area contributed by atoms with E-state index in [-0.39, 0.29) is 24.8 Å². The Morgan fingerprint density at radius 1 is 1.58 bits per heavy atom. The highest BCUT2D eigenvalue weighted by atomic mass is 35.5. The normalized spacial score (nSPS) is 20.2. The molecule has 1 N–H and O–H groups in total. The first-order chi connectivity index (χ1) is 4.88. The summed E-state index contributed by atoms with van der Waals surface area (Å²) in [5.41, 5.74) is 0. The summed E-state index contributed by atoms with van der Waals surface area (Å²) in [6.07, 6.45) is 1.79. The SMILES string of the molecule is CC1CNCc2nncn21.Cl.Cl. The molecule has 1 aliphatic heterocycles. The summed E-state index contributed by atoms with van der Waals surface area (Å²) in [5.74, 6) is 1.04. The molecule has 1 unspecified atom stereocenters. The smallest absolute Gasteiger partial charge is 0.147 e. The summed E-state index contributed by atoms with van der Waals surface area (Å²) >= 11 is 0. The number of nitrogens with zero attached hydrogens (tertiary/aromatic N) is 3. The first-order valence-electron chi connectivity index (χ1n) is 3.47. The van der Waals surface area contributed by atoms with Crippen LogP contribution >= 0.6 is 24.8 Å². The molecule has 1 aromatic rings. The molecule has 2 heterocycles. The Labute approximate surface area is 83.6 Å². The molecule has 0 radical (unpaired) electrons. The van der Waals surface area contributed by atoms with Gasteiger partial charge in [0.15, 0.2) is 0 Å². The van der Waals surface area contributed by atoms with Crippen molar-refractivity contribution in [1.82, 2.24) is 20.1 Å². The van der Waals surface area contributed by atoms with Crippen LogP contribution in [0, 0.1) is 0 Å². The van der Waals surface area contributed by atoms with E-state index in [1.54, 1.807) is 6.33 Å². The number of hydrogen-bond donors (Lipinski definition) is 1. The Morgan fingerprint density at radius 2 is 2.33 bits per heavy atom. The Morgan fingerprint density at radius 3 is 3.00 bits per heavy atom. The number of halogens is 2. The zero-order valence-electron chi connectivity index (χ0n) is 6.73. The average molecular weight is 211 g/mol. The largest absolute Gasteiger partial charge is 0.312 e. The molecule has 1 atom stereocenters. The van der Waals surface area contributed by atoms with E-state index in [1.165, 1.54) is 0 Å². The standard InChI is InChI=1S/C6H10N4.2ClH/c1-5-2-7-3-6-9-8-4-10(5)6;;/h4-5,7H,2-3H2,1H3;2*1H. The third kappa shape index (κ3) is 1.88. The lowest BCUT2D eigenvalue weighted by atomic mass is 10.3. The van der Waals surface area contributed by atoms with E-state index < -0.39 is 0 Å². The van der Waals surface area contributed by atoms with E-state index in [2.05, 4.69) is 27.0 Å². The topological polar surface area (TPSA) is 42.7 Å². The number of hydrogen-bond acceptors (Lipinski definition) is 3. The van der Waals surface area contributed by atoms with Gasteiger partial charge in [0.2, 0.25) is 0 Å². The predicted octanol–water partition coefficient (Wildman–Crippen LogP) is 0.786. The van der Waals surface area contributed by atoms with Crippen LogP contribution in [-0.2, 0) is 6.54 Å². The van der Waals surface area contributed by atoms with Crippen LogP contribution in [0.25, 0.3) is 0 Å². The Hall–Kier alpha value is -0.320. The molecule has 0 saturated heterocycles. The van der Waals surface area contributed by atoms with E-state index >= 15 is 0 Å². The van der Waals surface area contributed by atoms with Gasteiger partial charge in [0.05, 0.1) is 6.54 Å². The molecule has 70 valence electrons. The van der Waals surface area contributed by atoms with Gasteiger partial charge in [0, 0.05) is 12.6 Å². The maximum Gasteiger partial charge on any atom is 0.147 e. The summed E-state index contributed by atoms with van der Waals surface area (Å²) in [5, 5.41) is 11.0. The molecule has 0 amide bonds. The molecule has 0 fully saturated rings. The zero-order chi connectivity index (χ0) is 6.97. The maximum absolute atomic E-state index is 3.96. The van der Waals surface area contributed by atoms with Crippen LogP contribution in [0.15, 0.2) is 6.33 Å². The van der Waals surface area contributed by atoms with Gasteiger partial charge in [-0.15, -0.1) is 35.0 Å². The fraction of sp³-hybridized carbons (Fsp3) is 0.667. The van der Waals surface area contributed by atoms with E-state index in [1.807, 2.05) is 0 Å². The molecule has 1 aliphatic rings. The molecule has 0 bridgehead atoms. The highest BCUT2D eigenvalue weighted by molar-refractivity contribution is 5.85. The van der Waals surface area contributed by atoms with Crippen molar-refractivity contribution in [3.63, 3.8) is 0 Å². The van der Waals surface area contributed by atoms with Gasteiger partial charge < -0.3 is 9.88 Å². The van der Waals surface area contributed by atoms with E-state index in [0.717, 1.165) is 18.9 Å². The lowest BCUT2D eigenvalue weighted by Gasteiger charge is -2.20. The molecule has 0 aromatic carbocycles. The molecule has 4 nitrogen and oxygen atoms in total. The second-order valence-electron chi connectivity index (χ2n) is 2.63. The minimum absolute atomic E-state index is 0. The third-order valence-electron chi connectivity index (χ3n) is 1.84. The lowest BCUT2D eigenvalue weighted by molar-refractivity contribution is 0.421. The van der Waals surface area contributed by atoms with Crippen LogP contribution in [0.2, 0.25) is 0 Å². The van der Waals surface area contributed by atoms with Crippen LogP contribution in [-0.4, -0.2) is 21.3 Å². The van der Waals surface area contributed by atoms with Crippen LogP contribution in [0.5, 0.6) is 0 Å². The summed E-state index contributed by atoms with van der Waals surface area (Å²) in [6.45, 7) is 4.02. The minimum Gasteiger partial charge on any atom is -0.312 e. The fourth-order valence-electron chi connectivity index (χ4n) is 1.25. The van der Waals surface area contributed by atoms with Crippen LogP contribution in [0.1, 0.15) is 18.8 Å². The minimum atomic E-state index is 0. The molecule has 0 saturated carbocycles. The van der Waals surface area contributed by atoms with Crippen LogP contribution < -0.4 is 5.32 Å². The number of rotatable bonds is 0. The molecule has 0 aliphatic carbocycles. The highest BCUT2D eigenvalue weighted by Gasteiger charge is 2.14. The second-order valence-corrected chi connectivity index (χ2v) is 2.63. The summed E-state index contributed by atoms with van der Waals surface area (Å²) in [4.78, 5) is 0. The first kappa shape index (κ1) is 11.7. The average Bonchev–Trinajstić information content (AvgIpc) is 2.36. The molecule has 0 spiro atoms. The number of aromatic nitrogens is 3. The Kier molecular flexibility index (Phi) is 4.52. The quantitative estimate of drug-likeness (QED) is 0.689. The van der Waals surface area contributed by atoms with Gasteiger partial charge in [-0.25, -0.2) is 0 Å². The van der Waals surface area contributed by atoms with Crippen molar-refractivity contribution in [2.75, 3.05) is 6.54 Å². The predicted molar refractivity (Wildman–Crippen MR) is 50.9 cm³/mol. The van der Waals surface area contributed by atoms with Crippen molar-refractivity contribution in [3.8, 4) is 0 Å². The van der Waals surface area contributed by atoms with Crippen molar-refractivity contribution in [3.05, 3.63) is 12.2 Å². The van der Waals surface area contributed by atoms with E-state index in [0.29, 0.717) is 6.04 Å². The molecule has 6 heteroatoms. The van der Waals surface area contributed by atoms with Gasteiger partial charge in [0.25, 0.3) is 0 Å². The Balaban J connectivity index is 0.000000605. The van der Waals surface area contributed by atoms with Gasteiger partial charge in [0.1, 0.15) is 12.2 Å². The first-order valence-corrected chi connectivity index (χ1v) is 3.47. The fourth-order valence-corrected chi connectivity index (χ4v) is 1.25. The summed E-state index contributed by atoms with van der Waals surface area (Å²) < 4.78 is 2.11. The van der Waals surface area contributed by atoms with E-state index in [9.17, 15) is 0 Å². The maximum atomic E-state index is 3.96. The monoisotopic (exact) mass is 210 g/mol. The summed E-state index contributed by atoms with van der Waals surface area (Å²) in [6, 6.07) is 0.499. The molecular formula is C6H12Cl2N4. The molecule has 12 heavy (non-hydrogen) atoms. The number of nitrogens with one attached hydrogen (secondary N) is 1. The van der Waals surface area contributed by atoms with Crippen molar-refractivity contribution in [1.29, 1.82) is 0 Å². The Bertz CT molecular complexity index is 237. The molecule has 2 rings (SSSR count). The molecular weight excluding hydrogens is 199 g/mol. The van der Waals surface area contributed by atoms with Crippen molar-refractivity contribution < 1.29 is 0 Å². The highest BCUT2D eigenvalue weighted by Crippen LogP contribution is 2.10. The van der Waals surface area contributed by atoms with Gasteiger partial charge in [-0.3, -0.25) is 0 Å². The lowest BCUT2D eigenvalue weighted by Crippen LogP contribution is -2.31. The van der Waals surface area contributed by atoms with Gasteiger partial charge >= 0.3 is 0 Å². The van der Waals surface area contributed by atoms with Gasteiger partial charge in [-0.2, -0.15) is 0 Å². The van der Waals surface area contributed by atoms with Gasteiger partial charge in [-0.1, -0.05) is 0 Å². The summed E-state index contributed by atoms with van der Waals surface area (Å²) in [7, 11) is 0. The molecule has 1 aromatic heterocycles. The van der Waals surface area contributed by atoms with Gasteiger partial charge in [-0.05, 0) is 6.92 Å². The van der Waals surface area contributed by atoms with Crippen molar-refractivity contribution in [2.24, 2.45) is 0 Å². The van der Waals surface area contributed by atoms with Crippen molar-refractivity contribution in [2.45, 2.75) is 19.5 Å².